The fraction of sp³-hybridized carbons (Fsp3) is 0.600. The van der Waals surface area contributed by atoms with Crippen LogP contribution in [0.2, 0.25) is 0 Å². The van der Waals surface area contributed by atoms with E-state index in [1.54, 1.807) is 13.0 Å². The quantitative estimate of drug-likeness (QED) is 0.860. The third kappa shape index (κ3) is 5.25. The molecule has 2 nitrogen and oxygen atoms in total. The van der Waals surface area contributed by atoms with Crippen LogP contribution in [0.25, 0.3) is 0 Å². The van der Waals surface area contributed by atoms with E-state index in [2.05, 4.69) is 5.32 Å². The van der Waals surface area contributed by atoms with Gasteiger partial charge >= 0.3 is 0 Å². The van der Waals surface area contributed by atoms with Crippen LogP contribution in [-0.4, -0.2) is 17.8 Å². The normalized spacial score (nSPS) is 15.3. The molecule has 2 N–H and O–H groups in total. The molecule has 0 radical (unpaired) electrons. The summed E-state index contributed by atoms with van der Waals surface area (Å²) in [6.07, 6.45) is 0.150. The van der Waals surface area contributed by atoms with Gasteiger partial charge in [0.15, 0.2) is 11.6 Å². The van der Waals surface area contributed by atoms with Gasteiger partial charge in [0.1, 0.15) is 0 Å². The third-order valence-electron chi connectivity index (χ3n) is 2.96. The molecule has 0 aromatic heterocycles. The summed E-state index contributed by atoms with van der Waals surface area (Å²) < 4.78 is 26.7. The fourth-order valence-corrected chi connectivity index (χ4v) is 2.06. The Morgan fingerprint density at radius 3 is 2.47 bits per heavy atom. The Hall–Kier alpha value is -1.00. The van der Waals surface area contributed by atoms with Crippen LogP contribution in [0.3, 0.4) is 0 Å². The first-order chi connectivity index (χ1) is 8.70. The second-order valence-corrected chi connectivity index (χ2v) is 6.19. The van der Waals surface area contributed by atoms with E-state index < -0.39 is 17.7 Å². The zero-order valence-electron chi connectivity index (χ0n) is 12.0. The predicted molar refractivity (Wildman–Crippen MR) is 72.9 cm³/mol. The summed E-state index contributed by atoms with van der Waals surface area (Å²) in [5.41, 5.74) is 0.317. The summed E-state index contributed by atoms with van der Waals surface area (Å²) in [5.74, 6) is -1.67. The summed E-state index contributed by atoms with van der Waals surface area (Å²) in [6, 6.07) is 3.79. The van der Waals surface area contributed by atoms with Gasteiger partial charge in [-0.3, -0.25) is 0 Å². The molecule has 108 valence electrons. The number of aliphatic hydroxyl groups is 1. The molecule has 0 aliphatic heterocycles. The number of hydrogen-bond acceptors (Lipinski definition) is 2. The second kappa shape index (κ2) is 6.44. The van der Waals surface area contributed by atoms with Gasteiger partial charge in [0.05, 0.1) is 6.10 Å². The van der Waals surface area contributed by atoms with E-state index in [1.807, 2.05) is 20.8 Å². The van der Waals surface area contributed by atoms with Crippen molar-refractivity contribution in [2.45, 2.75) is 46.3 Å². The number of halogens is 2. The Balaban J connectivity index is 2.56. The van der Waals surface area contributed by atoms with Gasteiger partial charge in [0.25, 0.3) is 0 Å². The molecule has 1 aromatic carbocycles. The molecule has 0 saturated heterocycles. The molecule has 0 aliphatic carbocycles. The molecule has 2 atom stereocenters. The molecule has 4 heteroatoms. The molecule has 19 heavy (non-hydrogen) atoms. The Kier molecular flexibility index (Phi) is 5.44. The number of hydrogen-bond donors (Lipinski definition) is 2. The number of aliphatic hydroxyl groups excluding tert-OH is 1. The highest BCUT2D eigenvalue weighted by molar-refractivity contribution is 5.21. The zero-order chi connectivity index (χ0) is 14.6. The van der Waals surface area contributed by atoms with Gasteiger partial charge in [-0.1, -0.05) is 32.9 Å². The van der Waals surface area contributed by atoms with Crippen LogP contribution >= 0.6 is 0 Å². The minimum Gasteiger partial charge on any atom is -0.392 e. The maximum Gasteiger partial charge on any atom is 0.163 e. The second-order valence-electron chi connectivity index (χ2n) is 6.19. The topological polar surface area (TPSA) is 32.3 Å². The Labute approximate surface area is 113 Å². The molecular weight excluding hydrogens is 248 g/mol. The molecule has 0 amide bonds. The van der Waals surface area contributed by atoms with Crippen molar-refractivity contribution < 1.29 is 13.9 Å². The highest BCUT2D eigenvalue weighted by Crippen LogP contribution is 2.22. The molecule has 0 saturated carbocycles. The first kappa shape index (κ1) is 16.1. The van der Waals surface area contributed by atoms with Crippen molar-refractivity contribution in [1.82, 2.24) is 5.32 Å². The van der Waals surface area contributed by atoms with Crippen LogP contribution < -0.4 is 5.32 Å². The van der Waals surface area contributed by atoms with E-state index in [1.165, 1.54) is 6.07 Å². The minimum atomic E-state index is -0.846. The van der Waals surface area contributed by atoms with E-state index in [9.17, 15) is 13.9 Å². The Bertz CT molecular complexity index is 415. The van der Waals surface area contributed by atoms with Crippen molar-refractivity contribution in [1.29, 1.82) is 0 Å². The molecule has 0 spiro atoms. The molecular formula is C15H23F2NO. The first-order valence-corrected chi connectivity index (χ1v) is 6.56. The van der Waals surface area contributed by atoms with Gasteiger partial charge in [0.2, 0.25) is 0 Å². The van der Waals surface area contributed by atoms with Gasteiger partial charge in [0, 0.05) is 18.2 Å². The Morgan fingerprint density at radius 2 is 1.89 bits per heavy atom. The van der Waals surface area contributed by atoms with Crippen molar-refractivity contribution in [3.8, 4) is 0 Å². The lowest BCUT2D eigenvalue weighted by Crippen LogP contribution is -2.32. The minimum absolute atomic E-state index is 0.0362. The molecule has 0 aliphatic rings. The highest BCUT2D eigenvalue weighted by Gasteiger charge is 2.18. The first-order valence-electron chi connectivity index (χ1n) is 6.56. The van der Waals surface area contributed by atoms with Crippen molar-refractivity contribution in [2.75, 3.05) is 6.54 Å². The monoisotopic (exact) mass is 271 g/mol. The van der Waals surface area contributed by atoms with E-state index in [0.717, 1.165) is 6.07 Å². The highest BCUT2D eigenvalue weighted by atomic mass is 19.2. The van der Waals surface area contributed by atoms with Crippen molar-refractivity contribution in [3.63, 3.8) is 0 Å². The van der Waals surface area contributed by atoms with Crippen molar-refractivity contribution in [3.05, 3.63) is 35.4 Å². The van der Waals surface area contributed by atoms with Gasteiger partial charge < -0.3 is 10.4 Å². The van der Waals surface area contributed by atoms with Crippen molar-refractivity contribution in [2.24, 2.45) is 5.41 Å². The molecule has 0 bridgehead atoms. The van der Waals surface area contributed by atoms with Crippen LogP contribution in [0, 0.1) is 17.0 Å². The summed E-state index contributed by atoms with van der Waals surface area (Å²) >= 11 is 0. The van der Waals surface area contributed by atoms with Crippen LogP contribution in [0.5, 0.6) is 0 Å². The van der Waals surface area contributed by atoms with E-state index in [4.69, 9.17) is 0 Å². The molecule has 0 heterocycles. The number of rotatable bonds is 5. The van der Waals surface area contributed by atoms with Gasteiger partial charge in [-0.15, -0.1) is 0 Å². The predicted octanol–water partition coefficient (Wildman–Crippen LogP) is 3.41. The maximum absolute atomic E-state index is 13.6. The van der Waals surface area contributed by atoms with Gasteiger partial charge in [-0.05, 0) is 24.8 Å². The fourth-order valence-electron chi connectivity index (χ4n) is 2.06. The van der Waals surface area contributed by atoms with Crippen LogP contribution in [0.4, 0.5) is 8.78 Å². The summed E-state index contributed by atoms with van der Waals surface area (Å²) in [5, 5.41) is 12.9. The lowest BCUT2D eigenvalue weighted by Gasteiger charge is -2.24. The lowest BCUT2D eigenvalue weighted by molar-refractivity contribution is 0.117. The van der Waals surface area contributed by atoms with Gasteiger partial charge in [-0.2, -0.15) is 0 Å². The standard InChI is InChI=1S/C15H23F2NO/c1-10(12-6-5-7-13(16)14(12)17)18-9-11(19)8-15(2,3)4/h5-7,10-11,18-19H,8-9H2,1-4H3. The third-order valence-corrected chi connectivity index (χ3v) is 2.96. The molecule has 1 rings (SSSR count). The molecule has 1 aromatic rings. The van der Waals surface area contributed by atoms with E-state index >= 15 is 0 Å². The largest absolute Gasteiger partial charge is 0.392 e. The number of benzene rings is 1. The van der Waals surface area contributed by atoms with Crippen LogP contribution in [0.1, 0.15) is 45.7 Å². The van der Waals surface area contributed by atoms with Gasteiger partial charge in [-0.25, -0.2) is 8.78 Å². The number of nitrogens with one attached hydrogen (secondary N) is 1. The average molecular weight is 271 g/mol. The summed E-state index contributed by atoms with van der Waals surface area (Å²) in [6.45, 7) is 8.25. The Morgan fingerprint density at radius 1 is 1.26 bits per heavy atom. The van der Waals surface area contributed by atoms with E-state index in [-0.39, 0.29) is 17.0 Å². The summed E-state index contributed by atoms with van der Waals surface area (Å²) in [7, 11) is 0. The van der Waals surface area contributed by atoms with Crippen molar-refractivity contribution >= 4 is 0 Å². The average Bonchev–Trinajstić information content (AvgIpc) is 2.27. The lowest BCUT2D eigenvalue weighted by atomic mass is 9.89. The molecule has 2 unspecified atom stereocenters. The van der Waals surface area contributed by atoms with Crippen LogP contribution in [0.15, 0.2) is 18.2 Å². The SMILES string of the molecule is CC(NCC(O)CC(C)(C)C)c1cccc(F)c1F. The van der Waals surface area contributed by atoms with E-state index in [0.29, 0.717) is 13.0 Å². The maximum atomic E-state index is 13.6. The smallest absolute Gasteiger partial charge is 0.163 e. The summed E-state index contributed by atoms with van der Waals surface area (Å²) in [4.78, 5) is 0. The zero-order valence-corrected chi connectivity index (χ0v) is 12.0. The molecule has 0 fully saturated rings. The van der Waals surface area contributed by atoms with Crippen LogP contribution in [-0.2, 0) is 0 Å².